The summed E-state index contributed by atoms with van der Waals surface area (Å²) in [6, 6.07) is 59.8. The van der Waals surface area contributed by atoms with Gasteiger partial charge in [-0.15, -0.1) is 0 Å². The molecule has 0 atom stereocenters. The molecule has 0 radical (unpaired) electrons. The number of benzene rings is 7. The first-order valence-corrected chi connectivity index (χ1v) is 15.3. The van der Waals surface area contributed by atoms with Gasteiger partial charge in [-0.1, -0.05) is 140 Å². The monoisotopic (exact) mass is 559 g/mol. The fraction of sp³-hybridized carbons (Fsp3) is 0.0233. The van der Waals surface area contributed by atoms with Crippen LogP contribution in [0.15, 0.2) is 164 Å². The Labute approximate surface area is 257 Å². The van der Waals surface area contributed by atoms with E-state index in [0.717, 1.165) is 6.42 Å². The number of para-hydroxylation sites is 1. The summed E-state index contributed by atoms with van der Waals surface area (Å²) in [6.07, 6.45) is 0.921. The second kappa shape index (κ2) is 9.97. The number of hydrogen-bond acceptors (Lipinski definition) is 0. The van der Waals surface area contributed by atoms with Gasteiger partial charge in [0.15, 0.2) is 0 Å². The second-order valence-electron chi connectivity index (χ2n) is 11.8. The Morgan fingerprint density at radius 1 is 0.432 bits per heavy atom. The molecule has 44 heavy (non-hydrogen) atoms. The molecule has 1 heteroatoms. The normalized spacial score (nSPS) is 11.7. The average molecular weight is 560 g/mol. The number of nitrogens with zero attached hydrogens (tertiary/aromatic N) is 1. The summed E-state index contributed by atoms with van der Waals surface area (Å²) in [4.78, 5) is 0. The Morgan fingerprint density at radius 3 is 1.68 bits per heavy atom. The first kappa shape index (κ1) is 24.9. The van der Waals surface area contributed by atoms with Crippen LogP contribution in [0.5, 0.6) is 0 Å². The van der Waals surface area contributed by atoms with Gasteiger partial charge in [0.25, 0.3) is 0 Å². The molecule has 8 aromatic rings. The lowest BCUT2D eigenvalue weighted by Crippen LogP contribution is -1.96. The van der Waals surface area contributed by atoms with Crippen molar-refractivity contribution in [3.05, 3.63) is 175 Å². The Morgan fingerprint density at radius 2 is 1.00 bits per heavy atom. The van der Waals surface area contributed by atoms with Crippen molar-refractivity contribution in [3.8, 4) is 50.3 Å². The third kappa shape index (κ3) is 3.94. The maximum absolute atomic E-state index is 2.45. The predicted octanol–water partition coefficient (Wildman–Crippen LogP) is 11.4. The predicted molar refractivity (Wildman–Crippen MR) is 185 cm³/mol. The SMILES string of the molecule is c1ccc(-c2ccc(Cc3ccc(-c4ccc5c(c4)c4c(n5-c5ccccc5)-c5cccc6cccc-4c56)cc3)cc2)cc1. The Kier molecular flexibility index (Phi) is 5.64. The molecule has 1 aliphatic rings. The lowest BCUT2D eigenvalue weighted by molar-refractivity contribution is 1.14. The van der Waals surface area contributed by atoms with Crippen LogP contribution in [0.3, 0.4) is 0 Å². The van der Waals surface area contributed by atoms with Gasteiger partial charge in [0.1, 0.15) is 0 Å². The van der Waals surface area contributed by atoms with Crippen LogP contribution in [0.4, 0.5) is 0 Å². The highest BCUT2D eigenvalue weighted by molar-refractivity contribution is 6.22. The highest BCUT2D eigenvalue weighted by Gasteiger charge is 2.29. The molecular weight excluding hydrogens is 530 g/mol. The number of rotatable bonds is 5. The van der Waals surface area contributed by atoms with Crippen LogP contribution in [0.1, 0.15) is 11.1 Å². The quantitative estimate of drug-likeness (QED) is 0.198. The van der Waals surface area contributed by atoms with Gasteiger partial charge in [0.05, 0.1) is 11.2 Å². The van der Waals surface area contributed by atoms with Crippen LogP contribution >= 0.6 is 0 Å². The van der Waals surface area contributed by atoms with E-state index in [1.165, 1.54) is 83.1 Å². The molecular formula is C43H29N. The first-order valence-electron chi connectivity index (χ1n) is 15.3. The first-order chi connectivity index (χ1) is 21.8. The number of fused-ring (bicyclic) bond motifs is 5. The Bertz CT molecular complexity index is 2300. The largest absolute Gasteiger partial charge is 0.309 e. The van der Waals surface area contributed by atoms with Gasteiger partial charge in [-0.2, -0.15) is 0 Å². The third-order valence-corrected chi connectivity index (χ3v) is 9.17. The van der Waals surface area contributed by atoms with Crippen LogP contribution in [0, 0.1) is 0 Å². The molecule has 7 aromatic carbocycles. The van der Waals surface area contributed by atoms with Gasteiger partial charge in [-0.05, 0) is 80.4 Å². The Balaban J connectivity index is 1.10. The second-order valence-corrected chi connectivity index (χ2v) is 11.8. The molecule has 1 heterocycles. The molecule has 0 aliphatic heterocycles. The summed E-state index contributed by atoms with van der Waals surface area (Å²) >= 11 is 0. The van der Waals surface area contributed by atoms with Crippen molar-refractivity contribution in [2.24, 2.45) is 0 Å². The molecule has 0 saturated carbocycles. The molecule has 0 spiro atoms. The highest BCUT2D eigenvalue weighted by atomic mass is 15.0. The van der Waals surface area contributed by atoms with Crippen molar-refractivity contribution < 1.29 is 0 Å². The van der Waals surface area contributed by atoms with E-state index < -0.39 is 0 Å². The lowest BCUT2D eigenvalue weighted by atomic mass is 9.97. The molecule has 0 saturated heterocycles. The molecule has 0 amide bonds. The van der Waals surface area contributed by atoms with Gasteiger partial charge in [0, 0.05) is 22.2 Å². The lowest BCUT2D eigenvalue weighted by Gasteiger charge is -2.12. The zero-order valence-corrected chi connectivity index (χ0v) is 24.2. The third-order valence-electron chi connectivity index (χ3n) is 9.17. The van der Waals surface area contributed by atoms with E-state index in [2.05, 4.69) is 168 Å². The molecule has 1 aliphatic carbocycles. The van der Waals surface area contributed by atoms with E-state index in [4.69, 9.17) is 0 Å². The Hall–Kier alpha value is -5.66. The molecule has 0 N–H and O–H groups in total. The van der Waals surface area contributed by atoms with Crippen molar-refractivity contribution in [2.75, 3.05) is 0 Å². The zero-order valence-electron chi connectivity index (χ0n) is 24.2. The van der Waals surface area contributed by atoms with E-state index in [1.54, 1.807) is 0 Å². The number of aromatic nitrogens is 1. The minimum Gasteiger partial charge on any atom is -0.309 e. The molecule has 1 aromatic heterocycles. The summed E-state index contributed by atoms with van der Waals surface area (Å²) < 4.78 is 2.45. The zero-order chi connectivity index (χ0) is 29.0. The molecule has 0 bridgehead atoms. The van der Waals surface area contributed by atoms with E-state index in [-0.39, 0.29) is 0 Å². The maximum atomic E-state index is 2.45. The summed E-state index contributed by atoms with van der Waals surface area (Å²) in [5.41, 5.74) is 15.4. The van der Waals surface area contributed by atoms with Crippen molar-refractivity contribution in [1.29, 1.82) is 0 Å². The fourth-order valence-electron chi connectivity index (χ4n) is 7.09. The minimum absolute atomic E-state index is 0.921. The van der Waals surface area contributed by atoms with Crippen LogP contribution < -0.4 is 0 Å². The van der Waals surface area contributed by atoms with E-state index in [0.29, 0.717) is 0 Å². The van der Waals surface area contributed by atoms with Crippen molar-refractivity contribution in [3.63, 3.8) is 0 Å². The smallest absolute Gasteiger partial charge is 0.0626 e. The topological polar surface area (TPSA) is 4.93 Å². The van der Waals surface area contributed by atoms with Crippen molar-refractivity contribution in [1.82, 2.24) is 4.57 Å². The van der Waals surface area contributed by atoms with Gasteiger partial charge in [0.2, 0.25) is 0 Å². The highest BCUT2D eigenvalue weighted by Crippen LogP contribution is 2.53. The molecule has 0 unspecified atom stereocenters. The minimum atomic E-state index is 0.921. The van der Waals surface area contributed by atoms with Gasteiger partial charge >= 0.3 is 0 Å². The van der Waals surface area contributed by atoms with Crippen LogP contribution in [-0.2, 0) is 6.42 Å². The molecule has 9 rings (SSSR count). The summed E-state index contributed by atoms with van der Waals surface area (Å²) in [6.45, 7) is 0. The van der Waals surface area contributed by atoms with Gasteiger partial charge in [-0.25, -0.2) is 0 Å². The van der Waals surface area contributed by atoms with Gasteiger partial charge < -0.3 is 4.57 Å². The van der Waals surface area contributed by atoms with E-state index in [1.807, 2.05) is 0 Å². The molecule has 206 valence electrons. The number of hydrogen-bond donors (Lipinski definition) is 0. The molecule has 0 fully saturated rings. The van der Waals surface area contributed by atoms with Crippen molar-refractivity contribution in [2.45, 2.75) is 6.42 Å². The van der Waals surface area contributed by atoms with Gasteiger partial charge in [-0.3, -0.25) is 0 Å². The average Bonchev–Trinajstić information content (AvgIpc) is 3.60. The van der Waals surface area contributed by atoms with Crippen molar-refractivity contribution >= 4 is 21.7 Å². The summed E-state index contributed by atoms with van der Waals surface area (Å²) in [5.74, 6) is 0. The summed E-state index contributed by atoms with van der Waals surface area (Å²) in [5, 5.41) is 3.95. The van der Waals surface area contributed by atoms with E-state index in [9.17, 15) is 0 Å². The standard InChI is InChI=1S/C43H29N/c1-3-9-31(10-4-1)32-21-17-29(18-22-32)27-30-19-23-33(24-20-30)35-25-26-40-39(28-35)42-37-15-7-11-34-12-8-16-38(41(34)37)43(42)44(40)36-13-5-2-6-14-36/h1-26,28H,27H2. The van der Waals surface area contributed by atoms with Crippen LogP contribution in [0.25, 0.3) is 72.0 Å². The summed E-state index contributed by atoms with van der Waals surface area (Å²) in [7, 11) is 0. The maximum Gasteiger partial charge on any atom is 0.0626 e. The van der Waals surface area contributed by atoms with E-state index >= 15 is 0 Å². The van der Waals surface area contributed by atoms with Crippen LogP contribution in [0.2, 0.25) is 0 Å². The fourth-order valence-corrected chi connectivity index (χ4v) is 7.09. The van der Waals surface area contributed by atoms with Crippen LogP contribution in [-0.4, -0.2) is 4.57 Å². The molecule has 1 nitrogen and oxygen atoms in total.